The van der Waals surface area contributed by atoms with E-state index in [2.05, 4.69) is 10.6 Å². The van der Waals surface area contributed by atoms with Gasteiger partial charge in [-0.15, -0.1) is 0 Å². The summed E-state index contributed by atoms with van der Waals surface area (Å²) >= 11 is 0. The zero-order valence-corrected chi connectivity index (χ0v) is 11.9. The monoisotopic (exact) mass is 301 g/mol. The Labute approximate surface area is 121 Å². The number of nitrogens with zero attached hydrogens (tertiary/aromatic N) is 1. The fraction of sp³-hybridized carbons (Fsp3) is 0.500. The largest absolute Gasteiger partial charge is 0.416 e. The van der Waals surface area contributed by atoms with Crippen LogP contribution in [0.1, 0.15) is 19.4 Å². The van der Waals surface area contributed by atoms with E-state index < -0.39 is 11.7 Å². The molecule has 0 saturated carbocycles. The number of benzene rings is 1. The molecule has 1 saturated heterocycles. The van der Waals surface area contributed by atoms with Gasteiger partial charge < -0.3 is 15.5 Å². The van der Waals surface area contributed by atoms with Crippen molar-refractivity contribution < 1.29 is 18.0 Å². The molecule has 1 aromatic rings. The molecule has 1 heterocycles. The number of carbonyl (C=O) groups is 1. The van der Waals surface area contributed by atoms with Crippen molar-refractivity contribution in [2.24, 2.45) is 0 Å². The van der Waals surface area contributed by atoms with Crippen molar-refractivity contribution in [2.45, 2.75) is 32.1 Å². The SMILES string of the molecule is C[C@@H]1CN(C(=O)Nc2cccc(C(F)(F)F)c2)C[C@H](C)N1. The van der Waals surface area contributed by atoms with Gasteiger partial charge in [0.05, 0.1) is 5.56 Å². The van der Waals surface area contributed by atoms with Gasteiger partial charge in [0.2, 0.25) is 0 Å². The molecule has 4 nitrogen and oxygen atoms in total. The Hall–Kier alpha value is -1.76. The van der Waals surface area contributed by atoms with Crippen molar-refractivity contribution in [1.82, 2.24) is 10.2 Å². The molecule has 1 aromatic carbocycles. The van der Waals surface area contributed by atoms with Crippen LogP contribution in [0.3, 0.4) is 0 Å². The lowest BCUT2D eigenvalue weighted by Gasteiger charge is -2.36. The van der Waals surface area contributed by atoms with E-state index in [1.165, 1.54) is 12.1 Å². The predicted octanol–water partition coefficient (Wildman–Crippen LogP) is 2.92. The number of amides is 2. The molecular formula is C14H18F3N3O. The third-order valence-electron chi connectivity index (χ3n) is 3.29. The van der Waals surface area contributed by atoms with E-state index in [0.717, 1.165) is 12.1 Å². The van der Waals surface area contributed by atoms with Gasteiger partial charge in [-0.1, -0.05) is 6.07 Å². The minimum atomic E-state index is -4.42. The molecule has 116 valence electrons. The fourth-order valence-electron chi connectivity index (χ4n) is 2.47. The maximum absolute atomic E-state index is 12.6. The van der Waals surface area contributed by atoms with E-state index in [0.29, 0.717) is 13.1 Å². The molecule has 0 bridgehead atoms. The van der Waals surface area contributed by atoms with Crippen LogP contribution in [0.5, 0.6) is 0 Å². The van der Waals surface area contributed by atoms with Crippen LogP contribution >= 0.6 is 0 Å². The second-order valence-electron chi connectivity index (χ2n) is 5.38. The number of halogens is 3. The summed E-state index contributed by atoms with van der Waals surface area (Å²) in [5.74, 6) is 0. The molecule has 2 rings (SSSR count). The van der Waals surface area contributed by atoms with E-state index in [-0.39, 0.29) is 23.8 Å². The summed E-state index contributed by atoms with van der Waals surface area (Å²) in [5, 5.41) is 5.81. The Balaban J connectivity index is 2.06. The van der Waals surface area contributed by atoms with Crippen LogP contribution < -0.4 is 10.6 Å². The highest BCUT2D eigenvalue weighted by Crippen LogP contribution is 2.30. The Kier molecular flexibility index (Phi) is 4.41. The van der Waals surface area contributed by atoms with Gasteiger partial charge in [-0.25, -0.2) is 4.79 Å². The zero-order valence-electron chi connectivity index (χ0n) is 11.9. The number of hydrogen-bond donors (Lipinski definition) is 2. The molecule has 2 amide bonds. The number of alkyl halides is 3. The fourth-order valence-corrected chi connectivity index (χ4v) is 2.47. The van der Waals surface area contributed by atoms with E-state index >= 15 is 0 Å². The minimum absolute atomic E-state index is 0.147. The Morgan fingerprint density at radius 3 is 2.48 bits per heavy atom. The standard InChI is InChI=1S/C14H18F3N3O/c1-9-7-20(8-10(2)18-9)13(21)19-12-5-3-4-11(6-12)14(15,16)17/h3-6,9-10,18H,7-8H2,1-2H3,(H,19,21)/t9-,10+. The number of hydrogen-bond acceptors (Lipinski definition) is 2. The minimum Gasteiger partial charge on any atom is -0.321 e. The van der Waals surface area contributed by atoms with Crippen molar-refractivity contribution >= 4 is 11.7 Å². The number of carbonyl (C=O) groups excluding carboxylic acids is 1. The smallest absolute Gasteiger partial charge is 0.321 e. The molecule has 0 spiro atoms. The molecule has 0 radical (unpaired) electrons. The number of urea groups is 1. The van der Waals surface area contributed by atoms with Crippen molar-refractivity contribution in [3.8, 4) is 0 Å². The highest BCUT2D eigenvalue weighted by molar-refractivity contribution is 5.89. The van der Waals surface area contributed by atoms with Crippen LogP contribution in [-0.2, 0) is 6.18 Å². The second-order valence-corrected chi connectivity index (χ2v) is 5.38. The summed E-state index contributed by atoms with van der Waals surface area (Å²) < 4.78 is 37.9. The summed E-state index contributed by atoms with van der Waals surface area (Å²) in [6.07, 6.45) is -4.42. The maximum atomic E-state index is 12.6. The predicted molar refractivity (Wildman–Crippen MR) is 74.1 cm³/mol. The number of rotatable bonds is 1. The third kappa shape index (κ3) is 4.10. The molecule has 0 aromatic heterocycles. The first-order valence-corrected chi connectivity index (χ1v) is 6.75. The average Bonchev–Trinajstić information content (AvgIpc) is 2.37. The molecule has 1 aliphatic heterocycles. The first kappa shape index (κ1) is 15.6. The van der Waals surface area contributed by atoms with Gasteiger partial charge in [-0.2, -0.15) is 13.2 Å². The normalized spacial score (nSPS) is 23.0. The zero-order chi connectivity index (χ0) is 15.6. The molecule has 2 N–H and O–H groups in total. The summed E-state index contributed by atoms with van der Waals surface area (Å²) in [7, 11) is 0. The van der Waals surface area contributed by atoms with Gasteiger partial charge in [0.15, 0.2) is 0 Å². The molecule has 7 heteroatoms. The van der Waals surface area contributed by atoms with Crippen LogP contribution in [0.4, 0.5) is 23.7 Å². The van der Waals surface area contributed by atoms with E-state index in [1.54, 1.807) is 4.90 Å². The highest BCUT2D eigenvalue weighted by atomic mass is 19.4. The van der Waals surface area contributed by atoms with Gasteiger partial charge in [-0.05, 0) is 32.0 Å². The number of piperazine rings is 1. The van der Waals surface area contributed by atoms with Crippen LogP contribution in [0.25, 0.3) is 0 Å². The van der Waals surface area contributed by atoms with Crippen LogP contribution in [0.2, 0.25) is 0 Å². The van der Waals surface area contributed by atoms with Crippen molar-refractivity contribution in [3.05, 3.63) is 29.8 Å². The summed E-state index contributed by atoms with van der Waals surface area (Å²) in [6.45, 7) is 4.96. The van der Waals surface area contributed by atoms with E-state index in [1.807, 2.05) is 13.8 Å². The van der Waals surface area contributed by atoms with E-state index in [9.17, 15) is 18.0 Å². The van der Waals surface area contributed by atoms with Gasteiger partial charge in [0.25, 0.3) is 0 Å². The average molecular weight is 301 g/mol. The maximum Gasteiger partial charge on any atom is 0.416 e. The molecule has 1 aliphatic rings. The van der Waals surface area contributed by atoms with Crippen LogP contribution in [-0.4, -0.2) is 36.1 Å². The summed E-state index contributed by atoms with van der Waals surface area (Å²) in [6, 6.07) is 4.57. The van der Waals surface area contributed by atoms with Gasteiger partial charge in [0, 0.05) is 30.9 Å². The van der Waals surface area contributed by atoms with Gasteiger partial charge in [-0.3, -0.25) is 0 Å². The lowest BCUT2D eigenvalue weighted by molar-refractivity contribution is -0.137. The first-order valence-electron chi connectivity index (χ1n) is 6.75. The van der Waals surface area contributed by atoms with Crippen LogP contribution in [0, 0.1) is 0 Å². The van der Waals surface area contributed by atoms with Crippen molar-refractivity contribution in [1.29, 1.82) is 0 Å². The lowest BCUT2D eigenvalue weighted by atomic mass is 10.1. The molecule has 1 fully saturated rings. The molecule has 0 aliphatic carbocycles. The van der Waals surface area contributed by atoms with Gasteiger partial charge in [0.1, 0.15) is 0 Å². The van der Waals surface area contributed by atoms with Crippen molar-refractivity contribution in [2.75, 3.05) is 18.4 Å². The molecular weight excluding hydrogens is 283 g/mol. The third-order valence-corrected chi connectivity index (χ3v) is 3.29. The topological polar surface area (TPSA) is 44.4 Å². The molecule has 2 atom stereocenters. The Bertz CT molecular complexity index is 508. The lowest BCUT2D eigenvalue weighted by Crippen LogP contribution is -2.56. The van der Waals surface area contributed by atoms with Gasteiger partial charge >= 0.3 is 12.2 Å². The molecule has 21 heavy (non-hydrogen) atoms. The Morgan fingerprint density at radius 2 is 1.90 bits per heavy atom. The number of anilines is 1. The van der Waals surface area contributed by atoms with E-state index in [4.69, 9.17) is 0 Å². The number of nitrogens with one attached hydrogen (secondary N) is 2. The van der Waals surface area contributed by atoms with Crippen LogP contribution in [0.15, 0.2) is 24.3 Å². The quantitative estimate of drug-likeness (QED) is 0.837. The summed E-state index contributed by atoms with van der Waals surface area (Å²) in [4.78, 5) is 13.7. The highest BCUT2D eigenvalue weighted by Gasteiger charge is 2.31. The Morgan fingerprint density at radius 1 is 1.29 bits per heavy atom. The van der Waals surface area contributed by atoms with Crippen molar-refractivity contribution in [3.63, 3.8) is 0 Å². The molecule has 0 unspecified atom stereocenters. The summed E-state index contributed by atoms with van der Waals surface area (Å²) in [5.41, 5.74) is -0.629. The first-order chi connectivity index (χ1) is 9.75. The second kappa shape index (κ2) is 5.93.